The Morgan fingerprint density at radius 2 is 1.90 bits per heavy atom. The average molecular weight is 277 g/mol. The van der Waals surface area contributed by atoms with Crippen LogP contribution in [0.2, 0.25) is 0 Å². The van der Waals surface area contributed by atoms with Gasteiger partial charge in [-0.15, -0.1) is 0 Å². The van der Waals surface area contributed by atoms with Crippen molar-refractivity contribution >= 4 is 17.3 Å². The van der Waals surface area contributed by atoms with Crippen molar-refractivity contribution in [3.8, 4) is 0 Å². The lowest BCUT2D eigenvalue weighted by molar-refractivity contribution is 0.100. The fourth-order valence-electron chi connectivity index (χ4n) is 2.93. The van der Waals surface area contributed by atoms with Crippen LogP contribution in [-0.4, -0.2) is 12.5 Å². The van der Waals surface area contributed by atoms with E-state index >= 15 is 0 Å². The van der Waals surface area contributed by atoms with Crippen molar-refractivity contribution in [3.63, 3.8) is 0 Å². The van der Waals surface area contributed by atoms with E-state index in [0.29, 0.717) is 11.6 Å². The zero-order chi connectivity index (χ0) is 14.3. The summed E-state index contributed by atoms with van der Waals surface area (Å²) >= 11 is 0. The molecule has 0 bridgehead atoms. The average Bonchev–Trinajstić information content (AvgIpc) is 3.25. The molecule has 0 aliphatic heterocycles. The molecule has 0 aromatic heterocycles. The quantitative estimate of drug-likeness (QED) is 0.698. The van der Waals surface area contributed by atoms with Crippen LogP contribution in [0.25, 0.3) is 0 Å². The fraction of sp³-hybridized carbons (Fsp3) is 0.533. The second kappa shape index (κ2) is 4.96. The molecule has 4 nitrogen and oxygen atoms in total. The van der Waals surface area contributed by atoms with Gasteiger partial charge >= 0.3 is 0 Å². The minimum atomic E-state index is -0.633. The van der Waals surface area contributed by atoms with E-state index in [-0.39, 0.29) is 11.3 Å². The van der Waals surface area contributed by atoms with E-state index in [4.69, 9.17) is 11.5 Å². The van der Waals surface area contributed by atoms with Crippen LogP contribution in [0, 0.1) is 23.6 Å². The van der Waals surface area contributed by atoms with Crippen LogP contribution >= 0.6 is 0 Å². The van der Waals surface area contributed by atoms with E-state index in [1.165, 1.54) is 31.7 Å². The van der Waals surface area contributed by atoms with Crippen molar-refractivity contribution in [2.45, 2.75) is 25.7 Å². The van der Waals surface area contributed by atoms with Gasteiger partial charge in [0.2, 0.25) is 0 Å². The number of hydrogen-bond donors (Lipinski definition) is 3. The molecular weight excluding hydrogens is 257 g/mol. The number of anilines is 2. The smallest absolute Gasteiger partial charge is 0.250 e. The molecule has 2 saturated carbocycles. The van der Waals surface area contributed by atoms with E-state index in [2.05, 4.69) is 5.32 Å². The maximum atomic E-state index is 13.9. The van der Waals surface area contributed by atoms with Crippen LogP contribution in [-0.2, 0) is 0 Å². The largest absolute Gasteiger partial charge is 0.398 e. The molecule has 0 saturated heterocycles. The SMILES string of the molecule is NC(=O)c1cc(NCC(C2CC2)C2CC2)c(F)cc1N. The lowest BCUT2D eigenvalue weighted by Gasteiger charge is -2.18. The van der Waals surface area contributed by atoms with Crippen LogP contribution in [0.1, 0.15) is 36.0 Å². The summed E-state index contributed by atoms with van der Waals surface area (Å²) in [6.45, 7) is 0.758. The van der Waals surface area contributed by atoms with E-state index < -0.39 is 11.7 Å². The highest BCUT2D eigenvalue weighted by Crippen LogP contribution is 2.49. The second-order valence-electron chi connectivity index (χ2n) is 6.00. The maximum absolute atomic E-state index is 13.9. The summed E-state index contributed by atoms with van der Waals surface area (Å²) in [5.41, 5.74) is 11.4. The van der Waals surface area contributed by atoms with Crippen molar-refractivity contribution in [2.24, 2.45) is 23.5 Å². The van der Waals surface area contributed by atoms with Crippen LogP contribution < -0.4 is 16.8 Å². The Balaban J connectivity index is 1.72. The molecule has 0 spiro atoms. The number of primary amides is 1. The molecule has 0 radical (unpaired) electrons. The van der Waals surface area contributed by atoms with Gasteiger partial charge in [-0.2, -0.15) is 0 Å². The number of amides is 1. The molecule has 1 aromatic rings. The van der Waals surface area contributed by atoms with Gasteiger partial charge in [0.1, 0.15) is 5.82 Å². The molecule has 0 atom stereocenters. The number of nitrogen functional groups attached to an aromatic ring is 1. The van der Waals surface area contributed by atoms with Gasteiger partial charge in [0.15, 0.2) is 0 Å². The Labute approximate surface area is 117 Å². The van der Waals surface area contributed by atoms with Crippen LogP contribution in [0.3, 0.4) is 0 Å². The highest BCUT2D eigenvalue weighted by Gasteiger charge is 2.41. The number of carbonyl (C=O) groups excluding carboxylic acids is 1. The Morgan fingerprint density at radius 1 is 1.30 bits per heavy atom. The zero-order valence-electron chi connectivity index (χ0n) is 11.4. The fourth-order valence-corrected chi connectivity index (χ4v) is 2.93. The normalized spacial score (nSPS) is 18.3. The van der Waals surface area contributed by atoms with E-state index in [0.717, 1.165) is 24.4 Å². The number of nitrogens with two attached hydrogens (primary N) is 2. The number of benzene rings is 1. The molecular formula is C15H20FN3O. The van der Waals surface area contributed by atoms with Crippen LogP contribution in [0.4, 0.5) is 15.8 Å². The first-order valence-corrected chi connectivity index (χ1v) is 7.19. The zero-order valence-corrected chi connectivity index (χ0v) is 11.4. The van der Waals surface area contributed by atoms with E-state index in [1.54, 1.807) is 0 Å². The number of rotatable bonds is 6. The molecule has 108 valence electrons. The van der Waals surface area contributed by atoms with Gasteiger partial charge in [-0.1, -0.05) is 0 Å². The lowest BCUT2D eigenvalue weighted by atomic mass is 9.98. The molecule has 2 aliphatic rings. The Bertz CT molecular complexity index is 526. The van der Waals surface area contributed by atoms with Crippen LogP contribution in [0.15, 0.2) is 12.1 Å². The van der Waals surface area contributed by atoms with Crippen molar-refractivity contribution in [1.29, 1.82) is 0 Å². The van der Waals surface area contributed by atoms with Gasteiger partial charge < -0.3 is 16.8 Å². The molecule has 5 heteroatoms. The molecule has 0 unspecified atom stereocenters. The minimum absolute atomic E-state index is 0.0847. The summed E-state index contributed by atoms with van der Waals surface area (Å²) in [7, 11) is 0. The Kier molecular flexibility index (Phi) is 3.28. The molecule has 1 amide bonds. The van der Waals surface area contributed by atoms with Crippen LogP contribution in [0.5, 0.6) is 0 Å². The summed E-state index contributed by atoms with van der Waals surface area (Å²) in [6.07, 6.45) is 5.17. The van der Waals surface area contributed by atoms with Crippen molar-refractivity contribution < 1.29 is 9.18 Å². The van der Waals surface area contributed by atoms with Gasteiger partial charge in [-0.25, -0.2) is 4.39 Å². The van der Waals surface area contributed by atoms with Gasteiger partial charge in [0.05, 0.1) is 11.3 Å². The summed E-state index contributed by atoms with van der Waals surface area (Å²) in [5.74, 6) is 1.15. The predicted molar refractivity (Wildman–Crippen MR) is 76.8 cm³/mol. The molecule has 5 N–H and O–H groups in total. The summed E-state index contributed by atoms with van der Waals surface area (Å²) in [5, 5.41) is 3.14. The number of hydrogen-bond acceptors (Lipinski definition) is 3. The second-order valence-corrected chi connectivity index (χ2v) is 6.00. The van der Waals surface area contributed by atoms with Gasteiger partial charge in [0.25, 0.3) is 5.91 Å². The van der Waals surface area contributed by atoms with Gasteiger partial charge in [0, 0.05) is 12.2 Å². The number of carbonyl (C=O) groups is 1. The van der Waals surface area contributed by atoms with Gasteiger partial charge in [-0.05, 0) is 55.6 Å². The third-order valence-electron chi connectivity index (χ3n) is 4.39. The Hall–Kier alpha value is -1.78. The molecule has 1 aromatic carbocycles. The van der Waals surface area contributed by atoms with Crippen molar-refractivity contribution in [1.82, 2.24) is 0 Å². The highest BCUT2D eigenvalue weighted by atomic mass is 19.1. The van der Waals surface area contributed by atoms with Gasteiger partial charge in [-0.3, -0.25) is 4.79 Å². The molecule has 2 aliphatic carbocycles. The molecule has 3 rings (SSSR count). The maximum Gasteiger partial charge on any atom is 0.250 e. The molecule has 0 heterocycles. The summed E-state index contributed by atoms with van der Waals surface area (Å²) in [6, 6.07) is 2.58. The summed E-state index contributed by atoms with van der Waals surface area (Å²) < 4.78 is 13.9. The van der Waals surface area contributed by atoms with Crippen molar-refractivity contribution in [2.75, 3.05) is 17.6 Å². The predicted octanol–water partition coefficient (Wildman–Crippen LogP) is 2.35. The minimum Gasteiger partial charge on any atom is -0.398 e. The highest BCUT2D eigenvalue weighted by molar-refractivity contribution is 5.99. The monoisotopic (exact) mass is 277 g/mol. The molecule has 2 fully saturated rings. The van der Waals surface area contributed by atoms with E-state index in [1.807, 2.05) is 0 Å². The Morgan fingerprint density at radius 3 is 2.40 bits per heavy atom. The standard InChI is InChI=1S/C15H20FN3O/c16-12-6-13(17)10(15(18)20)5-14(12)19-7-11(8-1-2-8)9-3-4-9/h5-6,8-9,11,19H,1-4,7,17H2,(H2,18,20). The van der Waals surface area contributed by atoms with Crippen molar-refractivity contribution in [3.05, 3.63) is 23.5 Å². The number of halogens is 1. The topological polar surface area (TPSA) is 81.1 Å². The first-order valence-electron chi connectivity index (χ1n) is 7.19. The first kappa shape index (κ1) is 13.2. The third-order valence-corrected chi connectivity index (χ3v) is 4.39. The summed E-state index contributed by atoms with van der Waals surface area (Å²) in [4.78, 5) is 11.3. The number of nitrogens with one attached hydrogen (secondary N) is 1. The first-order chi connectivity index (χ1) is 9.56. The third kappa shape index (κ3) is 2.71. The molecule has 20 heavy (non-hydrogen) atoms. The van der Waals surface area contributed by atoms with E-state index in [9.17, 15) is 9.18 Å². The lowest BCUT2D eigenvalue weighted by Crippen LogP contribution is -2.20.